The van der Waals surface area contributed by atoms with E-state index in [0.29, 0.717) is 17.4 Å². The largest absolute Gasteiger partial charge is 0.496 e. The van der Waals surface area contributed by atoms with E-state index in [1.165, 1.54) is 0 Å². The van der Waals surface area contributed by atoms with Gasteiger partial charge in [-0.25, -0.2) is 8.42 Å². The standard InChI is InChI=1S/C15H22BrNO3S/c1-17-9-13(11-5-6-21(18,19)10-11)7-12-8-14(16)3-4-15(12)20-2/h3-4,8,11,13,17H,5-7,9-10H2,1-2H3. The number of methoxy groups -OCH3 is 1. The van der Waals surface area contributed by atoms with Gasteiger partial charge in [-0.3, -0.25) is 0 Å². The van der Waals surface area contributed by atoms with Gasteiger partial charge in [-0.15, -0.1) is 0 Å². The van der Waals surface area contributed by atoms with Gasteiger partial charge in [0.15, 0.2) is 9.84 Å². The van der Waals surface area contributed by atoms with E-state index >= 15 is 0 Å². The molecule has 118 valence electrons. The van der Waals surface area contributed by atoms with Crippen LogP contribution in [0.3, 0.4) is 0 Å². The van der Waals surface area contributed by atoms with Gasteiger partial charge in [0.05, 0.1) is 18.6 Å². The maximum atomic E-state index is 11.7. The van der Waals surface area contributed by atoms with Crippen molar-refractivity contribution in [1.29, 1.82) is 0 Å². The topological polar surface area (TPSA) is 55.4 Å². The molecule has 6 heteroatoms. The number of halogens is 1. The minimum Gasteiger partial charge on any atom is -0.496 e. The Bertz CT molecular complexity index is 589. The third-order valence-electron chi connectivity index (χ3n) is 4.13. The Morgan fingerprint density at radius 1 is 1.48 bits per heavy atom. The van der Waals surface area contributed by atoms with Crippen molar-refractivity contribution in [3.63, 3.8) is 0 Å². The second kappa shape index (κ2) is 7.11. The normalized spacial score (nSPS) is 22.1. The lowest BCUT2D eigenvalue weighted by Gasteiger charge is -2.23. The van der Waals surface area contributed by atoms with Crippen LogP contribution < -0.4 is 10.1 Å². The van der Waals surface area contributed by atoms with Crippen molar-refractivity contribution in [2.45, 2.75) is 12.8 Å². The third-order valence-corrected chi connectivity index (χ3v) is 6.41. The molecule has 0 spiro atoms. The van der Waals surface area contributed by atoms with Crippen molar-refractivity contribution in [3.8, 4) is 5.75 Å². The molecule has 1 fully saturated rings. The fourth-order valence-electron chi connectivity index (χ4n) is 3.05. The highest BCUT2D eigenvalue weighted by atomic mass is 79.9. The van der Waals surface area contributed by atoms with Crippen LogP contribution in [0.15, 0.2) is 22.7 Å². The van der Waals surface area contributed by atoms with Crippen LogP contribution >= 0.6 is 15.9 Å². The number of hydrogen-bond acceptors (Lipinski definition) is 4. The Hall–Kier alpha value is -0.590. The Balaban J connectivity index is 2.18. The van der Waals surface area contributed by atoms with E-state index in [1.54, 1.807) is 7.11 Å². The molecule has 1 aromatic carbocycles. The predicted octanol–water partition coefficient (Wildman–Crippen LogP) is 2.27. The summed E-state index contributed by atoms with van der Waals surface area (Å²) in [6.45, 7) is 0.815. The fourth-order valence-corrected chi connectivity index (χ4v) is 5.38. The van der Waals surface area contributed by atoms with Crippen molar-refractivity contribution >= 4 is 25.8 Å². The van der Waals surface area contributed by atoms with Crippen molar-refractivity contribution in [3.05, 3.63) is 28.2 Å². The van der Waals surface area contributed by atoms with Crippen LogP contribution in [0.1, 0.15) is 12.0 Å². The molecule has 0 amide bonds. The van der Waals surface area contributed by atoms with Crippen molar-refractivity contribution in [2.24, 2.45) is 11.8 Å². The molecule has 1 saturated heterocycles. The molecule has 2 atom stereocenters. The Morgan fingerprint density at radius 2 is 2.24 bits per heavy atom. The first-order valence-corrected chi connectivity index (χ1v) is 9.74. The van der Waals surface area contributed by atoms with Gasteiger partial charge in [0.25, 0.3) is 0 Å². The highest BCUT2D eigenvalue weighted by Crippen LogP contribution is 2.32. The number of benzene rings is 1. The summed E-state index contributed by atoms with van der Waals surface area (Å²) < 4.78 is 29.9. The lowest BCUT2D eigenvalue weighted by molar-refractivity contribution is 0.343. The molecule has 1 aromatic rings. The molecule has 1 aliphatic heterocycles. The van der Waals surface area contributed by atoms with E-state index in [4.69, 9.17) is 4.74 Å². The van der Waals surface area contributed by atoms with Crippen molar-refractivity contribution in [2.75, 3.05) is 32.2 Å². The van der Waals surface area contributed by atoms with Gasteiger partial charge in [0, 0.05) is 4.47 Å². The molecule has 1 N–H and O–H groups in total. The predicted molar refractivity (Wildman–Crippen MR) is 88.6 cm³/mol. The van der Waals surface area contributed by atoms with E-state index in [9.17, 15) is 8.42 Å². The van der Waals surface area contributed by atoms with Gasteiger partial charge in [0.1, 0.15) is 5.75 Å². The van der Waals surface area contributed by atoms with Crippen molar-refractivity contribution in [1.82, 2.24) is 5.32 Å². The molecule has 21 heavy (non-hydrogen) atoms. The molecule has 0 aromatic heterocycles. The van der Waals surface area contributed by atoms with Crippen molar-refractivity contribution < 1.29 is 13.2 Å². The van der Waals surface area contributed by atoms with Crippen LogP contribution in [0.25, 0.3) is 0 Å². The molecule has 0 saturated carbocycles. The summed E-state index contributed by atoms with van der Waals surface area (Å²) >= 11 is 3.49. The number of hydrogen-bond donors (Lipinski definition) is 1. The highest BCUT2D eigenvalue weighted by Gasteiger charge is 2.33. The fraction of sp³-hybridized carbons (Fsp3) is 0.600. The molecule has 0 bridgehead atoms. The maximum absolute atomic E-state index is 11.7. The van der Waals surface area contributed by atoms with Crippen LogP contribution in [0, 0.1) is 11.8 Å². The smallest absolute Gasteiger partial charge is 0.150 e. The first kappa shape index (κ1) is 16.8. The Morgan fingerprint density at radius 3 is 2.81 bits per heavy atom. The van der Waals surface area contributed by atoms with E-state index in [-0.39, 0.29) is 5.92 Å². The highest BCUT2D eigenvalue weighted by molar-refractivity contribution is 9.10. The van der Waals surface area contributed by atoms with Gasteiger partial charge >= 0.3 is 0 Å². The molecular formula is C15H22BrNO3S. The molecule has 4 nitrogen and oxygen atoms in total. The Kier molecular flexibility index (Phi) is 5.68. The quantitative estimate of drug-likeness (QED) is 0.828. The summed E-state index contributed by atoms with van der Waals surface area (Å²) in [5.41, 5.74) is 1.12. The van der Waals surface area contributed by atoms with Crippen LogP contribution in [0.5, 0.6) is 5.75 Å². The minimum atomic E-state index is -2.84. The second-order valence-electron chi connectivity index (χ2n) is 5.64. The Labute approximate surface area is 135 Å². The summed E-state index contributed by atoms with van der Waals surface area (Å²) in [7, 11) is 0.735. The second-order valence-corrected chi connectivity index (χ2v) is 8.79. The van der Waals surface area contributed by atoms with Gasteiger partial charge < -0.3 is 10.1 Å². The van der Waals surface area contributed by atoms with E-state index < -0.39 is 9.84 Å². The molecule has 1 aliphatic rings. The summed E-state index contributed by atoms with van der Waals surface area (Å²) in [5, 5.41) is 3.20. The molecule has 2 rings (SSSR count). The summed E-state index contributed by atoms with van der Waals surface area (Å²) in [6, 6.07) is 5.96. The third kappa shape index (κ3) is 4.44. The monoisotopic (exact) mass is 375 g/mol. The zero-order chi connectivity index (χ0) is 15.5. The first-order valence-electron chi connectivity index (χ1n) is 7.12. The van der Waals surface area contributed by atoms with E-state index in [1.807, 2.05) is 19.2 Å². The average Bonchev–Trinajstić information content (AvgIpc) is 2.79. The maximum Gasteiger partial charge on any atom is 0.150 e. The van der Waals surface area contributed by atoms with Gasteiger partial charge in [-0.2, -0.15) is 0 Å². The zero-order valence-electron chi connectivity index (χ0n) is 12.4. The van der Waals surface area contributed by atoms with E-state index in [2.05, 4.69) is 27.3 Å². The number of ether oxygens (including phenoxy) is 1. The lowest BCUT2D eigenvalue weighted by atomic mass is 9.86. The van der Waals surface area contributed by atoms with Gasteiger partial charge in [-0.05, 0) is 62.0 Å². The molecular weight excluding hydrogens is 354 g/mol. The average molecular weight is 376 g/mol. The number of rotatable bonds is 6. The molecule has 2 unspecified atom stereocenters. The zero-order valence-corrected chi connectivity index (χ0v) is 14.8. The molecule has 0 aliphatic carbocycles. The van der Waals surface area contributed by atoms with Gasteiger partial charge in [0.2, 0.25) is 0 Å². The van der Waals surface area contributed by atoms with E-state index in [0.717, 1.165) is 35.2 Å². The van der Waals surface area contributed by atoms with Gasteiger partial charge in [-0.1, -0.05) is 15.9 Å². The van der Waals surface area contributed by atoms with Crippen LogP contribution in [-0.4, -0.2) is 40.6 Å². The number of nitrogens with one attached hydrogen (secondary N) is 1. The summed E-state index contributed by atoms with van der Waals surface area (Å²) in [6.07, 6.45) is 1.59. The minimum absolute atomic E-state index is 0.228. The molecule has 1 heterocycles. The van der Waals surface area contributed by atoms with Crippen LogP contribution in [0.2, 0.25) is 0 Å². The summed E-state index contributed by atoms with van der Waals surface area (Å²) in [5.74, 6) is 2.03. The van der Waals surface area contributed by atoms with Crippen LogP contribution in [0.4, 0.5) is 0 Å². The molecule has 0 radical (unpaired) electrons. The SMILES string of the molecule is CNCC(Cc1cc(Br)ccc1OC)C1CCS(=O)(=O)C1. The van der Waals surface area contributed by atoms with Crippen LogP contribution in [-0.2, 0) is 16.3 Å². The summed E-state index contributed by atoms with van der Waals surface area (Å²) in [4.78, 5) is 0. The first-order chi connectivity index (χ1) is 9.95. The lowest BCUT2D eigenvalue weighted by Crippen LogP contribution is -2.28. The number of sulfone groups is 1.